The number of methoxy groups -OCH3 is 2. The normalized spacial score (nSPS) is 17.8. The summed E-state index contributed by atoms with van der Waals surface area (Å²) < 4.78 is 47.7. The fraction of sp³-hybridized carbons (Fsp3) is 0.636. The molecule has 0 N–H and O–H groups in total. The molecule has 98 valence electrons. The van der Waals surface area contributed by atoms with Gasteiger partial charge in [-0.3, -0.25) is 0 Å². The van der Waals surface area contributed by atoms with E-state index in [1.54, 1.807) is 19.1 Å². The highest BCUT2D eigenvalue weighted by Gasteiger charge is 2.45. The zero-order valence-corrected chi connectivity index (χ0v) is 10.7. The molecule has 0 aliphatic carbocycles. The number of thiophene rings is 1. The van der Waals surface area contributed by atoms with Crippen molar-refractivity contribution in [3.63, 3.8) is 0 Å². The van der Waals surface area contributed by atoms with Crippen molar-refractivity contribution < 1.29 is 22.6 Å². The molecule has 1 rings (SSSR count). The third-order valence-corrected chi connectivity index (χ3v) is 3.83. The Morgan fingerprint density at radius 2 is 2.00 bits per heavy atom. The fourth-order valence-corrected chi connectivity index (χ4v) is 2.43. The Bertz CT molecular complexity index is 337. The first-order valence-corrected chi connectivity index (χ1v) is 5.90. The number of halogens is 3. The van der Waals surface area contributed by atoms with E-state index in [2.05, 4.69) is 4.74 Å². The molecule has 0 aliphatic rings. The molecule has 0 saturated carbocycles. The molecule has 17 heavy (non-hydrogen) atoms. The second kappa shape index (κ2) is 5.37. The molecule has 0 spiro atoms. The summed E-state index contributed by atoms with van der Waals surface area (Å²) in [6.07, 6.45) is -6.47. The van der Waals surface area contributed by atoms with Gasteiger partial charge in [-0.25, -0.2) is 0 Å². The van der Waals surface area contributed by atoms with Crippen molar-refractivity contribution in [3.8, 4) is 0 Å². The van der Waals surface area contributed by atoms with Crippen LogP contribution in [0.1, 0.15) is 18.2 Å². The Kier molecular flexibility index (Phi) is 4.57. The molecule has 1 unspecified atom stereocenters. The molecule has 0 radical (unpaired) electrons. The molecule has 1 aromatic heterocycles. The van der Waals surface area contributed by atoms with Crippen molar-refractivity contribution in [3.05, 3.63) is 22.4 Å². The molecule has 2 atom stereocenters. The van der Waals surface area contributed by atoms with Gasteiger partial charge >= 0.3 is 6.18 Å². The molecule has 1 heterocycles. The highest BCUT2D eigenvalue weighted by molar-refractivity contribution is 7.10. The topological polar surface area (TPSA) is 18.5 Å². The van der Waals surface area contributed by atoms with Gasteiger partial charge in [-0.2, -0.15) is 13.2 Å². The van der Waals surface area contributed by atoms with Crippen molar-refractivity contribution in [2.75, 3.05) is 14.2 Å². The van der Waals surface area contributed by atoms with E-state index in [4.69, 9.17) is 4.74 Å². The standard InChI is InChI=1S/C11H15F3O2S/c1-10(16-3,9-5-4-6-17-9)7-8(15-2)11(12,13)14/h4-6,8H,7H2,1-3H3/t8?,10-/m1/s1. The lowest BCUT2D eigenvalue weighted by Gasteiger charge is -2.31. The second-order valence-corrected chi connectivity index (χ2v) is 4.83. The molecular weight excluding hydrogens is 253 g/mol. The SMILES string of the molecule is COC(C[C@@](C)(OC)c1cccs1)C(F)(F)F. The van der Waals surface area contributed by atoms with Gasteiger partial charge in [-0.05, 0) is 18.4 Å². The summed E-state index contributed by atoms with van der Waals surface area (Å²) in [5.74, 6) is 0. The number of hydrogen-bond acceptors (Lipinski definition) is 3. The zero-order chi connectivity index (χ0) is 13.1. The van der Waals surface area contributed by atoms with E-state index in [0.717, 1.165) is 12.0 Å². The molecule has 0 fully saturated rings. The summed E-state index contributed by atoms with van der Waals surface area (Å²) in [5, 5.41) is 1.81. The van der Waals surface area contributed by atoms with Gasteiger partial charge in [-0.1, -0.05) is 6.07 Å². The van der Waals surface area contributed by atoms with Crippen LogP contribution in [-0.4, -0.2) is 26.5 Å². The molecule has 1 aromatic rings. The Balaban J connectivity index is 2.89. The number of ether oxygens (including phenoxy) is 2. The van der Waals surface area contributed by atoms with Crippen LogP contribution in [-0.2, 0) is 15.1 Å². The molecule has 2 nitrogen and oxygen atoms in total. The maximum Gasteiger partial charge on any atom is 0.414 e. The summed E-state index contributed by atoms with van der Waals surface area (Å²) in [5.41, 5.74) is -0.982. The maximum atomic E-state index is 12.7. The minimum Gasteiger partial charge on any atom is -0.373 e. The average molecular weight is 268 g/mol. The number of hydrogen-bond donors (Lipinski definition) is 0. The van der Waals surface area contributed by atoms with Gasteiger partial charge in [0.1, 0.15) is 5.60 Å². The van der Waals surface area contributed by atoms with Gasteiger partial charge in [-0.15, -0.1) is 11.3 Å². The Morgan fingerprint density at radius 1 is 1.35 bits per heavy atom. The van der Waals surface area contributed by atoms with Crippen LogP contribution in [0.5, 0.6) is 0 Å². The molecule has 0 aromatic carbocycles. The van der Waals surface area contributed by atoms with Gasteiger partial charge in [0, 0.05) is 25.5 Å². The maximum absolute atomic E-state index is 12.7. The van der Waals surface area contributed by atoms with Crippen LogP contribution in [0.2, 0.25) is 0 Å². The fourth-order valence-electron chi connectivity index (χ4n) is 1.55. The van der Waals surface area contributed by atoms with Crippen LogP contribution >= 0.6 is 11.3 Å². The van der Waals surface area contributed by atoms with Gasteiger partial charge in [0.05, 0.1) is 0 Å². The van der Waals surface area contributed by atoms with Crippen molar-refractivity contribution in [2.45, 2.75) is 31.2 Å². The van der Waals surface area contributed by atoms with Gasteiger partial charge in [0.2, 0.25) is 0 Å². The lowest BCUT2D eigenvalue weighted by atomic mass is 9.96. The summed E-state index contributed by atoms with van der Waals surface area (Å²) >= 11 is 1.37. The first-order chi connectivity index (χ1) is 7.83. The van der Waals surface area contributed by atoms with Crippen LogP contribution in [0.4, 0.5) is 13.2 Å². The summed E-state index contributed by atoms with van der Waals surface area (Å²) in [4.78, 5) is 0.756. The summed E-state index contributed by atoms with van der Waals surface area (Å²) in [7, 11) is 2.46. The van der Waals surface area contributed by atoms with Gasteiger partial charge in [0.15, 0.2) is 6.10 Å². The quantitative estimate of drug-likeness (QED) is 0.812. The molecule has 0 aliphatic heterocycles. The molecule has 0 bridgehead atoms. The minimum absolute atomic E-state index is 0.260. The van der Waals surface area contributed by atoms with Gasteiger partial charge < -0.3 is 9.47 Å². The third-order valence-electron chi connectivity index (χ3n) is 2.72. The largest absolute Gasteiger partial charge is 0.414 e. The Morgan fingerprint density at radius 3 is 2.35 bits per heavy atom. The number of rotatable bonds is 5. The molecule has 6 heteroatoms. The van der Waals surface area contributed by atoms with Crippen molar-refractivity contribution in [1.82, 2.24) is 0 Å². The van der Waals surface area contributed by atoms with Crippen LogP contribution < -0.4 is 0 Å². The molecule has 0 amide bonds. The second-order valence-electron chi connectivity index (χ2n) is 3.88. The van der Waals surface area contributed by atoms with Crippen LogP contribution in [0.25, 0.3) is 0 Å². The third kappa shape index (κ3) is 3.43. The monoisotopic (exact) mass is 268 g/mol. The van der Waals surface area contributed by atoms with Crippen molar-refractivity contribution in [1.29, 1.82) is 0 Å². The Hall–Kier alpha value is -0.590. The van der Waals surface area contributed by atoms with E-state index in [0.29, 0.717) is 0 Å². The van der Waals surface area contributed by atoms with Crippen molar-refractivity contribution >= 4 is 11.3 Å². The van der Waals surface area contributed by atoms with E-state index in [1.807, 2.05) is 5.38 Å². The van der Waals surface area contributed by atoms with E-state index >= 15 is 0 Å². The van der Waals surface area contributed by atoms with E-state index < -0.39 is 17.9 Å². The predicted octanol–water partition coefficient (Wildman–Crippen LogP) is 3.58. The van der Waals surface area contributed by atoms with E-state index in [1.165, 1.54) is 18.4 Å². The summed E-state index contributed by atoms with van der Waals surface area (Å²) in [6, 6.07) is 3.55. The van der Waals surface area contributed by atoms with E-state index in [9.17, 15) is 13.2 Å². The van der Waals surface area contributed by atoms with Crippen LogP contribution in [0.15, 0.2) is 17.5 Å². The molecular formula is C11H15F3O2S. The lowest BCUT2D eigenvalue weighted by Crippen LogP contribution is -2.38. The first kappa shape index (κ1) is 14.5. The van der Waals surface area contributed by atoms with Crippen LogP contribution in [0, 0.1) is 0 Å². The van der Waals surface area contributed by atoms with E-state index in [-0.39, 0.29) is 6.42 Å². The smallest absolute Gasteiger partial charge is 0.373 e. The summed E-state index contributed by atoms with van der Waals surface area (Å²) in [6.45, 7) is 1.64. The average Bonchev–Trinajstić information content (AvgIpc) is 2.77. The highest BCUT2D eigenvalue weighted by atomic mass is 32.1. The predicted molar refractivity (Wildman–Crippen MR) is 60.1 cm³/mol. The van der Waals surface area contributed by atoms with Gasteiger partial charge in [0.25, 0.3) is 0 Å². The first-order valence-electron chi connectivity index (χ1n) is 5.02. The molecule has 0 saturated heterocycles. The van der Waals surface area contributed by atoms with Crippen molar-refractivity contribution in [2.24, 2.45) is 0 Å². The number of alkyl halides is 3. The van der Waals surface area contributed by atoms with Crippen LogP contribution in [0.3, 0.4) is 0 Å². The lowest BCUT2D eigenvalue weighted by molar-refractivity contribution is -0.228. The Labute approximate surface area is 102 Å². The minimum atomic E-state index is -4.38. The highest BCUT2D eigenvalue weighted by Crippen LogP contribution is 2.37. The zero-order valence-electron chi connectivity index (χ0n) is 9.88.